The second kappa shape index (κ2) is 7.19. The Labute approximate surface area is 146 Å². The average Bonchev–Trinajstić information content (AvgIpc) is 2.63. The smallest absolute Gasteiger partial charge is 0.308 e. The molecule has 3 aromatic carbocycles. The van der Waals surface area contributed by atoms with Crippen LogP contribution in [0.2, 0.25) is 0 Å². The fraction of sp³-hybridized carbons (Fsp3) is 0. The number of carbonyl (C=O) groups excluding carboxylic acids is 1. The molecule has 0 aromatic heterocycles. The SMILES string of the molecule is O=C(Nc1ccccc1)Nc1ccc(S(=O)(=O)c2ccccc2)cc1. The van der Waals surface area contributed by atoms with E-state index in [0.29, 0.717) is 11.4 Å². The summed E-state index contributed by atoms with van der Waals surface area (Å²) >= 11 is 0. The van der Waals surface area contributed by atoms with Gasteiger partial charge in [0.05, 0.1) is 9.79 Å². The lowest BCUT2D eigenvalue weighted by Crippen LogP contribution is -2.19. The van der Waals surface area contributed by atoms with Gasteiger partial charge in [0.2, 0.25) is 9.84 Å². The second-order valence-electron chi connectivity index (χ2n) is 5.29. The van der Waals surface area contributed by atoms with Crippen molar-refractivity contribution in [3.05, 3.63) is 84.9 Å². The van der Waals surface area contributed by atoms with Crippen molar-refractivity contribution in [1.82, 2.24) is 0 Å². The summed E-state index contributed by atoms with van der Waals surface area (Å²) in [6.45, 7) is 0. The minimum Gasteiger partial charge on any atom is -0.308 e. The molecule has 0 aliphatic heterocycles. The lowest BCUT2D eigenvalue weighted by atomic mass is 10.3. The number of carbonyl (C=O) groups is 1. The summed E-state index contributed by atoms with van der Waals surface area (Å²) in [6, 6.07) is 22.9. The van der Waals surface area contributed by atoms with Crippen molar-refractivity contribution in [3.63, 3.8) is 0 Å². The van der Waals surface area contributed by atoms with E-state index in [1.807, 2.05) is 18.2 Å². The molecular weight excluding hydrogens is 336 g/mol. The van der Waals surface area contributed by atoms with Crippen molar-refractivity contribution >= 4 is 27.2 Å². The molecule has 0 heterocycles. The van der Waals surface area contributed by atoms with Crippen LogP contribution in [0.25, 0.3) is 0 Å². The molecule has 0 unspecified atom stereocenters. The topological polar surface area (TPSA) is 75.3 Å². The number of hydrogen-bond donors (Lipinski definition) is 2. The standard InChI is InChI=1S/C19H16N2O3S/c22-19(20-15-7-3-1-4-8-15)21-16-11-13-18(14-12-16)25(23,24)17-9-5-2-6-10-17/h1-14H,(H2,20,21,22). The van der Waals surface area contributed by atoms with Gasteiger partial charge in [0, 0.05) is 11.4 Å². The van der Waals surface area contributed by atoms with Crippen LogP contribution in [0.5, 0.6) is 0 Å². The molecule has 6 heteroatoms. The zero-order valence-electron chi connectivity index (χ0n) is 13.2. The quantitative estimate of drug-likeness (QED) is 0.740. The van der Waals surface area contributed by atoms with E-state index in [1.165, 1.54) is 12.1 Å². The first-order valence-electron chi connectivity index (χ1n) is 7.59. The van der Waals surface area contributed by atoms with Crippen LogP contribution in [0.4, 0.5) is 16.2 Å². The third kappa shape index (κ3) is 4.05. The molecule has 5 nitrogen and oxygen atoms in total. The molecular formula is C19H16N2O3S. The summed E-state index contributed by atoms with van der Waals surface area (Å²) in [5.41, 5.74) is 1.17. The maximum Gasteiger partial charge on any atom is 0.323 e. The van der Waals surface area contributed by atoms with Crippen molar-refractivity contribution in [3.8, 4) is 0 Å². The number of amides is 2. The van der Waals surface area contributed by atoms with Crippen LogP contribution in [0, 0.1) is 0 Å². The van der Waals surface area contributed by atoms with E-state index in [9.17, 15) is 13.2 Å². The maximum atomic E-state index is 12.5. The Bertz CT molecular complexity index is 955. The Morgan fingerprint density at radius 3 is 1.60 bits per heavy atom. The zero-order chi connectivity index (χ0) is 17.7. The monoisotopic (exact) mass is 352 g/mol. The molecule has 3 rings (SSSR count). The molecule has 0 radical (unpaired) electrons. The highest BCUT2D eigenvalue weighted by Gasteiger charge is 2.16. The number of anilines is 2. The van der Waals surface area contributed by atoms with E-state index in [2.05, 4.69) is 10.6 Å². The van der Waals surface area contributed by atoms with Gasteiger partial charge in [-0.3, -0.25) is 0 Å². The van der Waals surface area contributed by atoms with E-state index in [4.69, 9.17) is 0 Å². The van der Waals surface area contributed by atoms with Gasteiger partial charge in [0.25, 0.3) is 0 Å². The van der Waals surface area contributed by atoms with Gasteiger partial charge in [-0.1, -0.05) is 36.4 Å². The number of sulfone groups is 1. The molecule has 0 fully saturated rings. The first-order chi connectivity index (χ1) is 12.1. The lowest BCUT2D eigenvalue weighted by Gasteiger charge is -2.09. The minimum absolute atomic E-state index is 0.174. The fourth-order valence-electron chi connectivity index (χ4n) is 2.27. The summed E-state index contributed by atoms with van der Waals surface area (Å²) in [5.74, 6) is 0. The third-order valence-electron chi connectivity index (χ3n) is 3.51. The van der Waals surface area contributed by atoms with Crippen LogP contribution in [-0.4, -0.2) is 14.4 Å². The number of hydrogen-bond acceptors (Lipinski definition) is 3. The highest BCUT2D eigenvalue weighted by atomic mass is 32.2. The molecule has 126 valence electrons. The van der Waals surface area contributed by atoms with Crippen LogP contribution < -0.4 is 10.6 Å². The fourth-order valence-corrected chi connectivity index (χ4v) is 3.55. The first-order valence-corrected chi connectivity index (χ1v) is 9.07. The Hall–Kier alpha value is -3.12. The predicted octanol–water partition coefficient (Wildman–Crippen LogP) is 4.16. The molecule has 0 saturated carbocycles. The van der Waals surface area contributed by atoms with Crippen LogP contribution in [-0.2, 0) is 9.84 Å². The summed E-state index contributed by atoms with van der Waals surface area (Å²) < 4.78 is 25.0. The average molecular weight is 352 g/mol. The van der Waals surface area contributed by atoms with Crippen LogP contribution in [0.1, 0.15) is 0 Å². The van der Waals surface area contributed by atoms with Gasteiger partial charge in [-0.25, -0.2) is 13.2 Å². The van der Waals surface area contributed by atoms with Gasteiger partial charge in [0.1, 0.15) is 0 Å². The normalized spacial score (nSPS) is 10.9. The minimum atomic E-state index is -3.56. The van der Waals surface area contributed by atoms with E-state index >= 15 is 0 Å². The van der Waals surface area contributed by atoms with E-state index in [1.54, 1.807) is 54.6 Å². The van der Waals surface area contributed by atoms with Crippen molar-refractivity contribution in [2.75, 3.05) is 10.6 Å². The van der Waals surface area contributed by atoms with Crippen LogP contribution in [0.15, 0.2) is 94.7 Å². The van der Waals surface area contributed by atoms with Gasteiger partial charge in [-0.05, 0) is 48.5 Å². The van der Waals surface area contributed by atoms with E-state index < -0.39 is 15.9 Å². The Morgan fingerprint density at radius 1 is 0.600 bits per heavy atom. The number of urea groups is 1. The largest absolute Gasteiger partial charge is 0.323 e. The van der Waals surface area contributed by atoms with Gasteiger partial charge in [-0.2, -0.15) is 0 Å². The number of rotatable bonds is 4. The maximum absolute atomic E-state index is 12.5. The molecule has 0 bridgehead atoms. The lowest BCUT2D eigenvalue weighted by molar-refractivity contribution is 0.262. The zero-order valence-corrected chi connectivity index (χ0v) is 14.0. The predicted molar refractivity (Wildman–Crippen MR) is 97.4 cm³/mol. The first kappa shape index (κ1) is 16.7. The number of nitrogens with one attached hydrogen (secondary N) is 2. The summed E-state index contributed by atoms with van der Waals surface area (Å²) in [5, 5.41) is 5.36. The molecule has 2 amide bonds. The van der Waals surface area contributed by atoms with Crippen molar-refractivity contribution in [2.24, 2.45) is 0 Å². The molecule has 0 spiro atoms. The summed E-state index contributed by atoms with van der Waals surface area (Å²) in [4.78, 5) is 12.4. The van der Waals surface area contributed by atoms with Gasteiger partial charge < -0.3 is 10.6 Å². The number of para-hydroxylation sites is 1. The van der Waals surface area contributed by atoms with Gasteiger partial charge in [0.15, 0.2) is 0 Å². The van der Waals surface area contributed by atoms with Crippen LogP contribution in [0.3, 0.4) is 0 Å². The van der Waals surface area contributed by atoms with Crippen LogP contribution >= 0.6 is 0 Å². The van der Waals surface area contributed by atoms with Crippen molar-refractivity contribution in [2.45, 2.75) is 9.79 Å². The van der Waals surface area contributed by atoms with Crippen molar-refractivity contribution in [1.29, 1.82) is 0 Å². The Balaban J connectivity index is 1.71. The molecule has 0 aliphatic rings. The van der Waals surface area contributed by atoms with E-state index in [0.717, 1.165) is 0 Å². The molecule has 25 heavy (non-hydrogen) atoms. The highest BCUT2D eigenvalue weighted by molar-refractivity contribution is 7.91. The third-order valence-corrected chi connectivity index (χ3v) is 5.29. The Kier molecular flexibility index (Phi) is 4.81. The molecule has 3 aromatic rings. The summed E-state index contributed by atoms with van der Waals surface area (Å²) in [7, 11) is -3.56. The van der Waals surface area contributed by atoms with Crippen molar-refractivity contribution < 1.29 is 13.2 Å². The second-order valence-corrected chi connectivity index (χ2v) is 7.24. The molecule has 2 N–H and O–H groups in total. The molecule has 0 saturated heterocycles. The van der Waals surface area contributed by atoms with Gasteiger partial charge >= 0.3 is 6.03 Å². The Morgan fingerprint density at radius 2 is 1.04 bits per heavy atom. The van der Waals surface area contributed by atoms with Gasteiger partial charge in [-0.15, -0.1) is 0 Å². The summed E-state index contributed by atoms with van der Waals surface area (Å²) in [6.07, 6.45) is 0. The highest BCUT2D eigenvalue weighted by Crippen LogP contribution is 2.22. The molecule has 0 atom stereocenters. The molecule has 0 aliphatic carbocycles. The number of benzene rings is 3. The van der Waals surface area contributed by atoms with E-state index in [-0.39, 0.29) is 9.79 Å².